The lowest BCUT2D eigenvalue weighted by Crippen LogP contribution is -2.63. The van der Waals surface area contributed by atoms with Crippen molar-refractivity contribution in [2.75, 3.05) is 19.6 Å². The monoisotopic (exact) mass is 526 g/mol. The summed E-state index contributed by atoms with van der Waals surface area (Å²) >= 11 is 6.08. The molecule has 0 unspecified atom stereocenters. The predicted molar refractivity (Wildman–Crippen MR) is 148 cm³/mol. The fourth-order valence-corrected chi connectivity index (χ4v) is 5.16. The molecule has 1 fully saturated rings. The highest BCUT2D eigenvalue weighted by Crippen LogP contribution is 2.23. The van der Waals surface area contributed by atoms with Crippen molar-refractivity contribution in [3.63, 3.8) is 0 Å². The van der Waals surface area contributed by atoms with Crippen molar-refractivity contribution in [2.45, 2.75) is 64.1 Å². The van der Waals surface area contributed by atoms with Crippen LogP contribution in [0.3, 0.4) is 0 Å². The number of nitrogens with two attached hydrogens (primary N) is 2. The quantitative estimate of drug-likeness (QED) is 0.215. The Morgan fingerprint density at radius 1 is 1.16 bits per heavy atom. The van der Waals surface area contributed by atoms with Gasteiger partial charge in [0.1, 0.15) is 0 Å². The number of carbonyl (C=O) groups is 2. The highest BCUT2D eigenvalue weighted by molar-refractivity contribution is 6.30. The van der Waals surface area contributed by atoms with E-state index in [1.165, 1.54) is 0 Å². The highest BCUT2D eigenvalue weighted by Gasteiger charge is 2.37. The minimum Gasteiger partial charge on any atom is -0.370 e. The highest BCUT2D eigenvalue weighted by atomic mass is 35.5. The van der Waals surface area contributed by atoms with Gasteiger partial charge in [-0.3, -0.25) is 15.0 Å². The molecule has 0 bridgehead atoms. The summed E-state index contributed by atoms with van der Waals surface area (Å²) in [5.74, 6) is -0.0956. The van der Waals surface area contributed by atoms with Crippen molar-refractivity contribution in [2.24, 2.45) is 11.5 Å². The van der Waals surface area contributed by atoms with E-state index in [9.17, 15) is 9.59 Å². The standard InChI is InChI=1S/C28H39ClN6O2/c1-19-15-23(29)12-11-22(19)16-25(30)27(37)35-17-20(2)34(18-24(35)9-6-14-33-28(31)32)26(36)13-10-21-7-4-3-5-8-21/h3-5,7-8,11-12,15,20,24-25H,6,9-10,13-14,16-18,30H2,1-2H3,(H4,31,32,33)/t20-,24+,25-/m1/s1. The molecule has 1 saturated heterocycles. The van der Waals surface area contributed by atoms with Gasteiger partial charge in [-0.05, 0) is 68.4 Å². The van der Waals surface area contributed by atoms with Crippen LogP contribution in [0.2, 0.25) is 5.02 Å². The molecule has 3 rings (SSSR count). The van der Waals surface area contributed by atoms with Crippen molar-refractivity contribution in [1.82, 2.24) is 15.1 Å². The third kappa shape index (κ3) is 8.20. The summed E-state index contributed by atoms with van der Waals surface area (Å²) < 4.78 is 0. The van der Waals surface area contributed by atoms with Gasteiger partial charge in [0.15, 0.2) is 5.96 Å². The van der Waals surface area contributed by atoms with E-state index in [-0.39, 0.29) is 29.9 Å². The van der Waals surface area contributed by atoms with Gasteiger partial charge in [0, 0.05) is 43.2 Å². The first-order chi connectivity index (χ1) is 17.7. The van der Waals surface area contributed by atoms with Gasteiger partial charge >= 0.3 is 0 Å². The van der Waals surface area contributed by atoms with Crippen molar-refractivity contribution < 1.29 is 9.59 Å². The maximum atomic E-state index is 13.6. The molecular formula is C28H39ClN6O2. The van der Waals surface area contributed by atoms with E-state index in [0.29, 0.717) is 56.8 Å². The number of amides is 2. The number of benzene rings is 2. The predicted octanol–water partition coefficient (Wildman–Crippen LogP) is 2.84. The number of hydrogen-bond acceptors (Lipinski definition) is 4. The van der Waals surface area contributed by atoms with Crippen LogP contribution >= 0.6 is 11.6 Å². The topological polar surface area (TPSA) is 129 Å². The minimum absolute atomic E-state index is 0.0803. The second-order valence-electron chi connectivity index (χ2n) is 9.89. The molecule has 3 atom stereocenters. The van der Waals surface area contributed by atoms with E-state index in [2.05, 4.69) is 5.32 Å². The van der Waals surface area contributed by atoms with E-state index < -0.39 is 6.04 Å². The van der Waals surface area contributed by atoms with Crippen molar-refractivity contribution >= 4 is 29.4 Å². The second kappa shape index (κ2) is 13.4. The molecule has 1 aliphatic rings. The number of halogens is 1. The Bertz CT molecular complexity index is 1080. The second-order valence-corrected chi connectivity index (χ2v) is 10.3. The molecular weight excluding hydrogens is 488 g/mol. The Morgan fingerprint density at radius 3 is 2.57 bits per heavy atom. The van der Waals surface area contributed by atoms with Gasteiger partial charge in [-0.15, -0.1) is 0 Å². The van der Waals surface area contributed by atoms with Crippen LogP contribution in [-0.2, 0) is 22.4 Å². The molecule has 1 aliphatic heterocycles. The van der Waals surface area contributed by atoms with Gasteiger partial charge in [0.05, 0.1) is 6.04 Å². The first-order valence-corrected chi connectivity index (χ1v) is 13.3. The zero-order valence-corrected chi connectivity index (χ0v) is 22.5. The Kier molecular flexibility index (Phi) is 10.3. The smallest absolute Gasteiger partial charge is 0.240 e. The van der Waals surface area contributed by atoms with Gasteiger partial charge in [-0.25, -0.2) is 0 Å². The van der Waals surface area contributed by atoms with Crippen LogP contribution in [0.25, 0.3) is 0 Å². The van der Waals surface area contributed by atoms with Crippen LogP contribution in [0.15, 0.2) is 48.5 Å². The van der Waals surface area contributed by atoms with E-state index in [0.717, 1.165) is 16.7 Å². The molecule has 6 N–H and O–H groups in total. The SMILES string of the molecule is Cc1cc(Cl)ccc1C[C@@H](N)C(=O)N1C[C@@H](C)N(C(=O)CCc2ccccc2)C[C@@H]1CCCNC(=N)N. The Labute approximate surface area is 224 Å². The lowest BCUT2D eigenvalue weighted by atomic mass is 9.97. The third-order valence-electron chi connectivity index (χ3n) is 7.01. The first-order valence-electron chi connectivity index (χ1n) is 12.9. The van der Waals surface area contributed by atoms with Gasteiger partial charge in [-0.2, -0.15) is 0 Å². The molecule has 0 spiro atoms. The Morgan fingerprint density at radius 2 is 1.89 bits per heavy atom. The van der Waals surface area contributed by atoms with Crippen LogP contribution in [-0.4, -0.2) is 65.3 Å². The molecule has 0 radical (unpaired) electrons. The molecule has 1 heterocycles. The van der Waals surface area contributed by atoms with E-state index in [4.69, 9.17) is 28.5 Å². The maximum absolute atomic E-state index is 13.6. The largest absolute Gasteiger partial charge is 0.370 e. The molecule has 2 aromatic rings. The molecule has 9 heteroatoms. The van der Waals surface area contributed by atoms with Crippen LogP contribution in [0.4, 0.5) is 0 Å². The van der Waals surface area contributed by atoms with Crippen LogP contribution in [0.5, 0.6) is 0 Å². The maximum Gasteiger partial charge on any atom is 0.240 e. The van der Waals surface area contributed by atoms with Gasteiger partial charge in [0.25, 0.3) is 0 Å². The van der Waals surface area contributed by atoms with Crippen molar-refractivity contribution in [3.05, 3.63) is 70.2 Å². The number of rotatable bonds is 10. The summed E-state index contributed by atoms with van der Waals surface area (Å²) in [4.78, 5) is 30.5. The summed E-state index contributed by atoms with van der Waals surface area (Å²) in [6, 6.07) is 14.6. The Balaban J connectivity index is 1.69. The van der Waals surface area contributed by atoms with Crippen LogP contribution in [0.1, 0.15) is 42.9 Å². The molecule has 2 aromatic carbocycles. The molecule has 37 heavy (non-hydrogen) atoms. The summed E-state index contributed by atoms with van der Waals surface area (Å²) in [5.41, 5.74) is 15.0. The average Bonchev–Trinajstić information content (AvgIpc) is 2.87. The van der Waals surface area contributed by atoms with Crippen molar-refractivity contribution in [3.8, 4) is 0 Å². The molecule has 0 aliphatic carbocycles. The van der Waals surface area contributed by atoms with Gasteiger partial charge in [0.2, 0.25) is 11.8 Å². The lowest BCUT2D eigenvalue weighted by molar-refractivity contribution is -0.147. The molecule has 8 nitrogen and oxygen atoms in total. The van der Waals surface area contributed by atoms with E-state index in [1.54, 1.807) is 0 Å². The number of guanidine groups is 1. The number of nitrogens with one attached hydrogen (secondary N) is 2. The third-order valence-corrected chi connectivity index (χ3v) is 7.24. The fourth-order valence-electron chi connectivity index (χ4n) is 4.93. The molecule has 0 saturated carbocycles. The van der Waals surface area contributed by atoms with E-state index >= 15 is 0 Å². The van der Waals surface area contributed by atoms with E-state index in [1.807, 2.05) is 72.2 Å². The minimum atomic E-state index is -0.690. The Hall–Kier alpha value is -3.10. The average molecular weight is 527 g/mol. The number of hydrogen-bond donors (Lipinski definition) is 4. The van der Waals surface area contributed by atoms with Gasteiger partial charge in [-0.1, -0.05) is 48.0 Å². The van der Waals surface area contributed by atoms with Crippen LogP contribution < -0.4 is 16.8 Å². The van der Waals surface area contributed by atoms with Crippen LogP contribution in [0, 0.1) is 12.3 Å². The normalized spacial score (nSPS) is 18.4. The fraction of sp³-hybridized carbons (Fsp3) is 0.464. The summed E-state index contributed by atoms with van der Waals surface area (Å²) in [5, 5.41) is 10.8. The summed E-state index contributed by atoms with van der Waals surface area (Å²) in [6.45, 7) is 5.39. The molecule has 200 valence electrons. The number of piperazine rings is 1. The number of aryl methyl sites for hydroxylation is 2. The summed E-state index contributed by atoms with van der Waals surface area (Å²) in [7, 11) is 0. The first kappa shape index (κ1) is 28.5. The molecule has 0 aromatic heterocycles. The number of carbonyl (C=O) groups excluding carboxylic acids is 2. The zero-order chi connectivity index (χ0) is 26.9. The summed E-state index contributed by atoms with van der Waals surface area (Å²) in [6.07, 6.45) is 2.92. The number of nitrogens with zero attached hydrogens (tertiary/aromatic N) is 2. The zero-order valence-electron chi connectivity index (χ0n) is 21.8. The van der Waals surface area contributed by atoms with Gasteiger partial charge < -0.3 is 26.6 Å². The van der Waals surface area contributed by atoms with Crippen molar-refractivity contribution in [1.29, 1.82) is 5.41 Å². The molecule has 2 amide bonds. The lowest BCUT2D eigenvalue weighted by Gasteiger charge is -2.46.